The van der Waals surface area contributed by atoms with Gasteiger partial charge in [0, 0.05) is 15.7 Å². The van der Waals surface area contributed by atoms with E-state index < -0.39 is 12.0 Å². The Morgan fingerprint density at radius 3 is 2.38 bits per heavy atom. The summed E-state index contributed by atoms with van der Waals surface area (Å²) < 4.78 is 5.57. The second-order valence-corrected chi connectivity index (χ2v) is 6.07. The number of hydrogen-bond donors (Lipinski definition) is 2. The van der Waals surface area contributed by atoms with Crippen LogP contribution >= 0.6 is 35.0 Å². The molecule has 1 aromatic carbocycles. The van der Waals surface area contributed by atoms with Gasteiger partial charge in [-0.05, 0) is 43.0 Å². The van der Waals surface area contributed by atoms with Crippen LogP contribution in [0.5, 0.6) is 0 Å². The van der Waals surface area contributed by atoms with Crippen molar-refractivity contribution in [3.05, 3.63) is 45.6 Å². The summed E-state index contributed by atoms with van der Waals surface area (Å²) in [5, 5.41) is 13.8. The van der Waals surface area contributed by atoms with Crippen LogP contribution in [0.1, 0.15) is 17.4 Å². The molecule has 0 saturated heterocycles. The third kappa shape index (κ3) is 3.87. The van der Waals surface area contributed by atoms with E-state index >= 15 is 0 Å². The molecule has 4 nitrogen and oxygen atoms in total. The molecule has 1 unspecified atom stereocenters. The summed E-state index contributed by atoms with van der Waals surface area (Å²) in [7, 11) is 0. The number of aliphatic carboxylic acids is 1. The van der Waals surface area contributed by atoms with Crippen molar-refractivity contribution in [1.82, 2.24) is 0 Å². The molecule has 0 radical (unpaired) electrons. The summed E-state index contributed by atoms with van der Waals surface area (Å²) in [5.74, 6) is -0.681. The third-order valence-electron chi connectivity index (χ3n) is 2.82. The molecule has 2 N–H and O–H groups in total. The summed E-state index contributed by atoms with van der Waals surface area (Å²) in [4.78, 5) is 11.5. The van der Waals surface area contributed by atoms with Crippen LogP contribution in [0.4, 0.5) is 5.69 Å². The van der Waals surface area contributed by atoms with E-state index in [1.165, 1.54) is 11.8 Å². The Labute approximate surface area is 136 Å². The average Bonchev–Trinajstić information content (AvgIpc) is 2.75. The van der Waals surface area contributed by atoms with Crippen LogP contribution in [0.2, 0.25) is 10.0 Å². The quantitative estimate of drug-likeness (QED) is 0.758. The summed E-state index contributed by atoms with van der Waals surface area (Å²) in [6.07, 6.45) is 1.86. The van der Waals surface area contributed by atoms with Crippen LogP contribution < -0.4 is 5.32 Å². The van der Waals surface area contributed by atoms with Crippen molar-refractivity contribution < 1.29 is 14.3 Å². The van der Waals surface area contributed by atoms with E-state index in [1.54, 1.807) is 25.1 Å². The van der Waals surface area contributed by atoms with Gasteiger partial charge >= 0.3 is 5.97 Å². The molecule has 1 aromatic heterocycles. The minimum Gasteiger partial charge on any atom is -0.479 e. The SMILES string of the molecule is CSc1cc(C)c(C(Nc2cc(Cl)cc(Cl)c2)C(=O)O)o1. The Hall–Kier alpha value is -1.30. The van der Waals surface area contributed by atoms with E-state index in [0.29, 0.717) is 26.6 Å². The zero-order valence-electron chi connectivity index (χ0n) is 11.3. The summed E-state index contributed by atoms with van der Waals surface area (Å²) >= 11 is 13.3. The van der Waals surface area contributed by atoms with Gasteiger partial charge in [-0.2, -0.15) is 0 Å². The van der Waals surface area contributed by atoms with Crippen molar-refractivity contribution >= 4 is 46.6 Å². The van der Waals surface area contributed by atoms with Crippen LogP contribution in [0, 0.1) is 6.92 Å². The first-order valence-corrected chi connectivity index (χ1v) is 7.98. The number of thioether (sulfide) groups is 1. The number of carbonyl (C=O) groups is 1. The van der Waals surface area contributed by atoms with Gasteiger partial charge in [0.25, 0.3) is 0 Å². The van der Waals surface area contributed by atoms with Crippen LogP contribution in [0.3, 0.4) is 0 Å². The minimum atomic E-state index is -1.05. The van der Waals surface area contributed by atoms with Gasteiger partial charge < -0.3 is 14.8 Å². The number of furan rings is 1. The van der Waals surface area contributed by atoms with Crippen molar-refractivity contribution in [3.63, 3.8) is 0 Å². The highest BCUT2D eigenvalue weighted by Crippen LogP contribution is 2.31. The number of aryl methyl sites for hydroxylation is 1. The number of anilines is 1. The van der Waals surface area contributed by atoms with Crippen molar-refractivity contribution in [3.8, 4) is 0 Å². The second-order valence-electron chi connectivity index (χ2n) is 4.39. The fourth-order valence-electron chi connectivity index (χ4n) is 1.90. The fourth-order valence-corrected chi connectivity index (χ4v) is 2.89. The standard InChI is InChI=1S/C14H13Cl2NO3S/c1-7-3-11(21-2)20-13(7)12(14(18)19)17-10-5-8(15)4-9(16)6-10/h3-6,12,17H,1-2H3,(H,18,19). The lowest BCUT2D eigenvalue weighted by Crippen LogP contribution is -2.20. The predicted molar refractivity (Wildman–Crippen MR) is 85.7 cm³/mol. The van der Waals surface area contributed by atoms with E-state index in [2.05, 4.69) is 5.32 Å². The Bertz CT molecular complexity index is 652. The van der Waals surface area contributed by atoms with E-state index in [1.807, 2.05) is 12.3 Å². The first-order chi connectivity index (χ1) is 9.90. The maximum Gasteiger partial charge on any atom is 0.334 e. The molecule has 0 amide bonds. The largest absolute Gasteiger partial charge is 0.479 e. The molecular formula is C14H13Cl2NO3S. The van der Waals surface area contributed by atoms with Gasteiger partial charge in [0.2, 0.25) is 0 Å². The molecular weight excluding hydrogens is 333 g/mol. The first kappa shape index (κ1) is 16.1. The summed E-state index contributed by atoms with van der Waals surface area (Å²) in [5.41, 5.74) is 1.29. The smallest absolute Gasteiger partial charge is 0.334 e. The first-order valence-electron chi connectivity index (χ1n) is 6.00. The number of carboxylic acids is 1. The van der Waals surface area contributed by atoms with Crippen LogP contribution in [-0.2, 0) is 4.79 Å². The molecule has 0 spiro atoms. The highest BCUT2D eigenvalue weighted by atomic mass is 35.5. The molecule has 2 aromatic rings. The summed E-state index contributed by atoms with van der Waals surface area (Å²) in [6, 6.07) is 5.59. The molecule has 0 fully saturated rings. The van der Waals surface area contributed by atoms with Gasteiger partial charge in [0.1, 0.15) is 5.76 Å². The number of rotatable bonds is 5. The minimum absolute atomic E-state index is 0.364. The lowest BCUT2D eigenvalue weighted by Gasteiger charge is -2.15. The zero-order valence-corrected chi connectivity index (χ0v) is 13.6. The lowest BCUT2D eigenvalue weighted by atomic mass is 10.1. The zero-order chi connectivity index (χ0) is 15.6. The van der Waals surface area contributed by atoms with Gasteiger partial charge in [0.15, 0.2) is 11.1 Å². The Morgan fingerprint density at radius 1 is 1.29 bits per heavy atom. The van der Waals surface area contributed by atoms with Crippen LogP contribution in [-0.4, -0.2) is 17.3 Å². The van der Waals surface area contributed by atoms with Crippen molar-refractivity contribution in [2.45, 2.75) is 18.1 Å². The molecule has 1 heterocycles. The number of carboxylic acid groups (broad SMARTS) is 1. The van der Waals surface area contributed by atoms with Crippen molar-refractivity contribution in [1.29, 1.82) is 0 Å². The van der Waals surface area contributed by atoms with Gasteiger partial charge in [-0.1, -0.05) is 35.0 Å². The number of nitrogens with one attached hydrogen (secondary N) is 1. The average molecular weight is 346 g/mol. The Balaban J connectivity index is 2.35. The fraction of sp³-hybridized carbons (Fsp3) is 0.214. The molecule has 0 saturated carbocycles. The van der Waals surface area contributed by atoms with Gasteiger partial charge in [-0.25, -0.2) is 4.79 Å². The third-order valence-corrected chi connectivity index (χ3v) is 3.86. The number of halogens is 2. The topological polar surface area (TPSA) is 62.5 Å². The maximum atomic E-state index is 11.5. The van der Waals surface area contributed by atoms with E-state index in [-0.39, 0.29) is 0 Å². The maximum absolute atomic E-state index is 11.5. The van der Waals surface area contributed by atoms with Gasteiger partial charge in [-0.15, -0.1) is 0 Å². The predicted octanol–water partition coefficient (Wildman–Crippen LogP) is 4.85. The monoisotopic (exact) mass is 345 g/mol. The van der Waals surface area contributed by atoms with Crippen LogP contribution in [0.15, 0.2) is 33.8 Å². The van der Waals surface area contributed by atoms with Crippen LogP contribution in [0.25, 0.3) is 0 Å². The number of benzene rings is 1. The molecule has 0 aliphatic heterocycles. The Morgan fingerprint density at radius 2 is 1.90 bits per heavy atom. The van der Waals surface area contributed by atoms with E-state index in [9.17, 15) is 9.90 Å². The van der Waals surface area contributed by atoms with E-state index in [4.69, 9.17) is 27.6 Å². The molecule has 0 bridgehead atoms. The lowest BCUT2D eigenvalue weighted by molar-refractivity contribution is -0.138. The highest BCUT2D eigenvalue weighted by molar-refractivity contribution is 7.98. The highest BCUT2D eigenvalue weighted by Gasteiger charge is 2.26. The normalized spacial score (nSPS) is 12.2. The molecule has 1 atom stereocenters. The molecule has 21 heavy (non-hydrogen) atoms. The van der Waals surface area contributed by atoms with Gasteiger partial charge in [0.05, 0.1) is 0 Å². The molecule has 2 rings (SSSR count). The molecule has 112 valence electrons. The molecule has 7 heteroatoms. The summed E-state index contributed by atoms with van der Waals surface area (Å²) in [6.45, 7) is 1.81. The Kier molecular flexibility index (Phi) is 5.08. The van der Waals surface area contributed by atoms with Crippen molar-refractivity contribution in [2.24, 2.45) is 0 Å². The molecule has 0 aliphatic rings. The number of hydrogen-bond acceptors (Lipinski definition) is 4. The van der Waals surface area contributed by atoms with Gasteiger partial charge in [-0.3, -0.25) is 0 Å². The second kappa shape index (κ2) is 6.64. The van der Waals surface area contributed by atoms with Crippen molar-refractivity contribution in [2.75, 3.05) is 11.6 Å². The van der Waals surface area contributed by atoms with E-state index in [0.717, 1.165) is 5.56 Å². The molecule has 0 aliphatic carbocycles.